The molecular formula is C6H11AuO5S. The van der Waals surface area contributed by atoms with E-state index in [0.29, 0.717) is 0 Å². The minimum Gasteiger partial charge on any atom is -0.759 e. The van der Waals surface area contributed by atoms with Gasteiger partial charge in [-0.05, 0) is 5.44 Å². The second kappa shape index (κ2) is 5.69. The number of aliphatic hydroxyl groups excluding tert-OH is 4. The van der Waals surface area contributed by atoms with E-state index in [1.54, 1.807) is 0 Å². The minimum absolute atomic E-state index is 0. The zero-order chi connectivity index (χ0) is 9.30. The van der Waals surface area contributed by atoms with E-state index in [-0.39, 0.29) is 22.4 Å². The van der Waals surface area contributed by atoms with Gasteiger partial charge in [0.1, 0.15) is 18.3 Å². The SMILES string of the molecule is OCC1OC([S-])C(O)C(O)C1O.[Au+]. The number of ether oxygens (including phenoxy) is 1. The quantitative estimate of drug-likeness (QED) is 0.288. The molecule has 5 nitrogen and oxygen atoms in total. The maximum atomic E-state index is 9.18. The molecule has 13 heavy (non-hydrogen) atoms. The first-order chi connectivity index (χ1) is 5.57. The van der Waals surface area contributed by atoms with Crippen molar-refractivity contribution in [2.24, 2.45) is 0 Å². The zero-order valence-electron chi connectivity index (χ0n) is 6.50. The maximum Gasteiger partial charge on any atom is 1.00 e. The Morgan fingerprint density at radius 1 is 1.08 bits per heavy atom. The van der Waals surface area contributed by atoms with E-state index >= 15 is 0 Å². The van der Waals surface area contributed by atoms with Gasteiger partial charge in [0.2, 0.25) is 0 Å². The summed E-state index contributed by atoms with van der Waals surface area (Å²) >= 11 is 4.63. The van der Waals surface area contributed by atoms with Gasteiger partial charge in [0.05, 0.1) is 12.7 Å². The Labute approximate surface area is 96.6 Å². The molecule has 0 aromatic rings. The Hall–Kier alpha value is 0.890. The largest absolute Gasteiger partial charge is 1.00 e. The standard InChI is InChI=1S/C6H12O5S.Au/c7-1-2-3(8)4(9)5(10)6(12)11-2;/h2-10,12H,1H2;/q;+1/p-1. The van der Waals surface area contributed by atoms with Crippen LogP contribution in [0.3, 0.4) is 0 Å². The molecule has 1 heterocycles. The van der Waals surface area contributed by atoms with Crippen molar-refractivity contribution in [2.75, 3.05) is 6.61 Å². The molecule has 1 saturated heterocycles. The molecule has 0 aliphatic carbocycles. The van der Waals surface area contributed by atoms with E-state index in [2.05, 4.69) is 12.6 Å². The van der Waals surface area contributed by atoms with E-state index in [4.69, 9.17) is 20.1 Å². The Balaban J connectivity index is 0.00000144. The predicted octanol–water partition coefficient (Wildman–Crippen LogP) is -2.67. The molecule has 0 amide bonds. The fourth-order valence-corrected chi connectivity index (χ4v) is 1.37. The molecule has 1 fully saturated rings. The van der Waals surface area contributed by atoms with Crippen LogP contribution in [0, 0.1) is 0 Å². The summed E-state index contributed by atoms with van der Waals surface area (Å²) in [5, 5.41) is 36.1. The zero-order valence-corrected chi connectivity index (χ0v) is 9.48. The van der Waals surface area contributed by atoms with Crippen LogP contribution in [-0.4, -0.2) is 56.9 Å². The van der Waals surface area contributed by atoms with Crippen molar-refractivity contribution < 1.29 is 47.5 Å². The molecule has 7 heteroatoms. The second-order valence-corrected chi connectivity index (χ2v) is 3.16. The average molecular weight is 392 g/mol. The van der Waals surface area contributed by atoms with Gasteiger partial charge < -0.3 is 37.8 Å². The van der Waals surface area contributed by atoms with Gasteiger partial charge in [-0.3, -0.25) is 0 Å². The van der Waals surface area contributed by atoms with Gasteiger partial charge in [-0.25, -0.2) is 0 Å². The van der Waals surface area contributed by atoms with Crippen LogP contribution in [0.1, 0.15) is 0 Å². The van der Waals surface area contributed by atoms with Crippen molar-refractivity contribution in [3.8, 4) is 0 Å². The third-order valence-electron chi connectivity index (χ3n) is 1.85. The van der Waals surface area contributed by atoms with E-state index in [9.17, 15) is 5.11 Å². The van der Waals surface area contributed by atoms with Gasteiger partial charge in [-0.2, -0.15) is 0 Å². The summed E-state index contributed by atoms with van der Waals surface area (Å²) in [7, 11) is 0. The molecule has 0 aromatic heterocycles. The Morgan fingerprint density at radius 3 is 2.08 bits per heavy atom. The van der Waals surface area contributed by atoms with Crippen molar-refractivity contribution in [3.05, 3.63) is 0 Å². The van der Waals surface area contributed by atoms with E-state index in [1.807, 2.05) is 0 Å². The van der Waals surface area contributed by atoms with Crippen LogP contribution in [0.25, 0.3) is 0 Å². The molecular weight excluding hydrogens is 381 g/mol. The minimum atomic E-state index is -1.35. The topological polar surface area (TPSA) is 90.2 Å². The Kier molecular flexibility index (Phi) is 6.08. The van der Waals surface area contributed by atoms with Crippen molar-refractivity contribution in [2.45, 2.75) is 29.9 Å². The monoisotopic (exact) mass is 392 g/mol. The van der Waals surface area contributed by atoms with Crippen LogP contribution in [0.4, 0.5) is 0 Å². The molecule has 4 N–H and O–H groups in total. The summed E-state index contributed by atoms with van der Waals surface area (Å²) in [6.45, 7) is -0.432. The molecule has 1 rings (SSSR count). The summed E-state index contributed by atoms with van der Waals surface area (Å²) in [5.41, 5.74) is -0.986. The van der Waals surface area contributed by atoms with Gasteiger partial charge in [-0.15, -0.1) is 0 Å². The Bertz CT molecular complexity index is 155. The third kappa shape index (κ3) is 2.92. The average Bonchev–Trinajstić information content (AvgIpc) is 2.08. The first-order valence-electron chi connectivity index (χ1n) is 3.54. The van der Waals surface area contributed by atoms with E-state index in [0.717, 1.165) is 0 Å². The van der Waals surface area contributed by atoms with Gasteiger partial charge in [0, 0.05) is 0 Å². The summed E-state index contributed by atoms with van der Waals surface area (Å²) < 4.78 is 4.84. The molecule has 0 aromatic carbocycles. The van der Waals surface area contributed by atoms with Crippen molar-refractivity contribution in [3.63, 3.8) is 0 Å². The summed E-state index contributed by atoms with van der Waals surface area (Å²) in [4.78, 5) is 0. The number of aliphatic hydroxyl groups is 4. The van der Waals surface area contributed by atoms with Crippen LogP contribution in [0.15, 0.2) is 0 Å². The maximum absolute atomic E-state index is 9.18. The molecule has 5 unspecified atom stereocenters. The molecule has 82 valence electrons. The van der Waals surface area contributed by atoms with E-state index in [1.165, 1.54) is 0 Å². The number of rotatable bonds is 1. The summed E-state index contributed by atoms with van der Waals surface area (Å²) in [6, 6.07) is 0. The molecule has 5 atom stereocenters. The van der Waals surface area contributed by atoms with Crippen molar-refractivity contribution >= 4 is 12.6 Å². The van der Waals surface area contributed by atoms with Crippen LogP contribution in [-0.2, 0) is 39.7 Å². The van der Waals surface area contributed by atoms with Crippen LogP contribution in [0.5, 0.6) is 0 Å². The molecule has 0 radical (unpaired) electrons. The van der Waals surface area contributed by atoms with Crippen LogP contribution >= 0.6 is 0 Å². The fraction of sp³-hybridized carbons (Fsp3) is 1.00. The normalized spacial score (nSPS) is 45.5. The smallest absolute Gasteiger partial charge is 0.759 e. The van der Waals surface area contributed by atoms with Gasteiger partial charge in [0.15, 0.2) is 0 Å². The molecule has 1 aliphatic rings. The van der Waals surface area contributed by atoms with Gasteiger partial charge in [-0.1, -0.05) is 0 Å². The number of hydrogen-bond acceptors (Lipinski definition) is 6. The fourth-order valence-electron chi connectivity index (χ4n) is 1.07. The van der Waals surface area contributed by atoms with Crippen molar-refractivity contribution in [1.82, 2.24) is 0 Å². The van der Waals surface area contributed by atoms with Gasteiger partial charge >= 0.3 is 22.4 Å². The second-order valence-electron chi connectivity index (χ2n) is 2.70. The summed E-state index contributed by atoms with van der Waals surface area (Å²) in [5.74, 6) is 0. The predicted molar refractivity (Wildman–Crippen MR) is 41.1 cm³/mol. The van der Waals surface area contributed by atoms with Gasteiger partial charge in [0.25, 0.3) is 0 Å². The first kappa shape index (κ1) is 13.9. The summed E-state index contributed by atoms with van der Waals surface area (Å²) in [6.07, 6.45) is -4.83. The Morgan fingerprint density at radius 2 is 1.62 bits per heavy atom. The van der Waals surface area contributed by atoms with Crippen LogP contribution < -0.4 is 0 Å². The van der Waals surface area contributed by atoms with Crippen LogP contribution in [0.2, 0.25) is 0 Å². The number of hydrogen-bond donors (Lipinski definition) is 4. The first-order valence-corrected chi connectivity index (χ1v) is 4.01. The van der Waals surface area contributed by atoms with E-state index < -0.39 is 36.5 Å². The molecule has 0 spiro atoms. The third-order valence-corrected chi connectivity index (χ3v) is 2.24. The van der Waals surface area contributed by atoms with Crippen molar-refractivity contribution in [1.29, 1.82) is 0 Å². The molecule has 0 bridgehead atoms. The molecule has 1 aliphatic heterocycles. The molecule has 0 saturated carbocycles.